The van der Waals surface area contributed by atoms with Crippen LogP contribution >= 0.6 is 0 Å². The maximum absolute atomic E-state index is 12.3. The summed E-state index contributed by atoms with van der Waals surface area (Å²) in [6, 6.07) is 8.37. The number of ether oxygens (including phenoxy) is 1. The van der Waals surface area contributed by atoms with Gasteiger partial charge in [-0.25, -0.2) is 4.79 Å². The quantitative estimate of drug-likeness (QED) is 0.684. The molecule has 2 rings (SSSR count). The first kappa shape index (κ1) is 23.0. The highest BCUT2D eigenvalue weighted by Gasteiger charge is 2.19. The Morgan fingerprint density at radius 1 is 1.00 bits per heavy atom. The average molecular weight is 405 g/mol. The molecule has 0 atom stereocenters. The van der Waals surface area contributed by atoms with E-state index in [1.165, 1.54) is 0 Å². The molecule has 1 saturated heterocycles. The molecule has 1 aromatic rings. The Labute approximate surface area is 174 Å². The fourth-order valence-corrected chi connectivity index (χ4v) is 3.22. The zero-order valence-corrected chi connectivity index (χ0v) is 18.5. The minimum Gasteiger partial charge on any atom is -0.444 e. The SMILES string of the molecule is CC(C)N1CCN(c2ccc(C(=O)NCCCNC(=O)OC(C)(C)C)cc2)CC1. The van der Waals surface area contributed by atoms with Crippen LogP contribution < -0.4 is 15.5 Å². The summed E-state index contributed by atoms with van der Waals surface area (Å²) >= 11 is 0. The maximum atomic E-state index is 12.3. The lowest BCUT2D eigenvalue weighted by Gasteiger charge is -2.38. The van der Waals surface area contributed by atoms with Crippen molar-refractivity contribution in [3.05, 3.63) is 29.8 Å². The fraction of sp³-hybridized carbons (Fsp3) is 0.636. The number of piperazine rings is 1. The highest BCUT2D eigenvalue weighted by Crippen LogP contribution is 2.18. The van der Waals surface area contributed by atoms with Gasteiger partial charge in [-0.2, -0.15) is 0 Å². The van der Waals surface area contributed by atoms with Gasteiger partial charge in [-0.15, -0.1) is 0 Å². The van der Waals surface area contributed by atoms with Gasteiger partial charge in [0.1, 0.15) is 5.60 Å². The Balaban J connectivity index is 1.69. The van der Waals surface area contributed by atoms with Gasteiger partial charge in [-0.3, -0.25) is 9.69 Å². The van der Waals surface area contributed by atoms with E-state index in [0.29, 0.717) is 31.1 Å². The van der Waals surface area contributed by atoms with Crippen LogP contribution in [-0.4, -0.2) is 67.8 Å². The third-order valence-electron chi connectivity index (χ3n) is 4.85. The lowest BCUT2D eigenvalue weighted by Crippen LogP contribution is -2.48. The average Bonchev–Trinajstić information content (AvgIpc) is 2.66. The van der Waals surface area contributed by atoms with Crippen molar-refractivity contribution in [1.29, 1.82) is 0 Å². The summed E-state index contributed by atoms with van der Waals surface area (Å²) in [7, 11) is 0. The molecule has 29 heavy (non-hydrogen) atoms. The van der Waals surface area contributed by atoms with Gasteiger partial charge in [-0.05, 0) is 65.3 Å². The predicted molar refractivity (Wildman–Crippen MR) is 117 cm³/mol. The molecule has 1 fully saturated rings. The summed E-state index contributed by atoms with van der Waals surface area (Å²) in [6.07, 6.45) is 0.206. The summed E-state index contributed by atoms with van der Waals surface area (Å²) in [6.45, 7) is 15.0. The first-order valence-corrected chi connectivity index (χ1v) is 10.5. The molecule has 0 spiro atoms. The van der Waals surface area contributed by atoms with Crippen molar-refractivity contribution in [1.82, 2.24) is 15.5 Å². The highest BCUT2D eigenvalue weighted by molar-refractivity contribution is 5.94. The largest absolute Gasteiger partial charge is 0.444 e. The molecule has 7 heteroatoms. The van der Waals surface area contributed by atoms with Crippen molar-refractivity contribution in [2.45, 2.75) is 52.7 Å². The van der Waals surface area contributed by atoms with Crippen LogP contribution in [0.15, 0.2) is 24.3 Å². The molecule has 2 N–H and O–H groups in total. The van der Waals surface area contributed by atoms with Crippen LogP contribution in [0.2, 0.25) is 0 Å². The van der Waals surface area contributed by atoms with Gasteiger partial charge >= 0.3 is 6.09 Å². The van der Waals surface area contributed by atoms with Crippen LogP contribution in [0, 0.1) is 0 Å². The number of anilines is 1. The second-order valence-corrected chi connectivity index (χ2v) is 8.70. The fourth-order valence-electron chi connectivity index (χ4n) is 3.22. The zero-order valence-electron chi connectivity index (χ0n) is 18.5. The predicted octanol–water partition coefficient (Wildman–Crippen LogP) is 2.86. The van der Waals surface area contributed by atoms with Gasteiger partial charge in [0.15, 0.2) is 0 Å². The normalized spacial score (nSPS) is 15.3. The number of hydrogen-bond acceptors (Lipinski definition) is 5. The van der Waals surface area contributed by atoms with Crippen LogP contribution in [0.5, 0.6) is 0 Å². The maximum Gasteiger partial charge on any atom is 0.407 e. The van der Waals surface area contributed by atoms with Crippen LogP contribution in [0.1, 0.15) is 51.4 Å². The topological polar surface area (TPSA) is 73.9 Å². The molecule has 1 aliphatic heterocycles. The van der Waals surface area contributed by atoms with Crippen LogP contribution in [0.3, 0.4) is 0 Å². The molecule has 0 aliphatic carbocycles. The number of carbonyl (C=O) groups is 2. The van der Waals surface area contributed by atoms with Crippen LogP contribution in [0.25, 0.3) is 0 Å². The lowest BCUT2D eigenvalue weighted by atomic mass is 10.1. The smallest absolute Gasteiger partial charge is 0.407 e. The number of amides is 2. The van der Waals surface area contributed by atoms with Gasteiger partial charge in [0.05, 0.1) is 0 Å². The summed E-state index contributed by atoms with van der Waals surface area (Å²) < 4.78 is 5.17. The lowest BCUT2D eigenvalue weighted by molar-refractivity contribution is 0.0527. The Morgan fingerprint density at radius 2 is 1.59 bits per heavy atom. The highest BCUT2D eigenvalue weighted by atomic mass is 16.6. The van der Waals surface area contributed by atoms with Gasteiger partial charge < -0.3 is 20.3 Å². The van der Waals surface area contributed by atoms with Crippen molar-refractivity contribution in [3.63, 3.8) is 0 Å². The van der Waals surface area contributed by atoms with Crippen molar-refractivity contribution in [2.75, 3.05) is 44.2 Å². The van der Waals surface area contributed by atoms with E-state index < -0.39 is 11.7 Å². The Morgan fingerprint density at radius 3 is 2.14 bits per heavy atom. The van der Waals surface area contributed by atoms with Crippen molar-refractivity contribution < 1.29 is 14.3 Å². The van der Waals surface area contributed by atoms with Gasteiger partial charge in [0.25, 0.3) is 5.91 Å². The second kappa shape index (κ2) is 10.5. The molecule has 1 heterocycles. The van der Waals surface area contributed by atoms with E-state index in [1.807, 2.05) is 45.0 Å². The molecule has 1 aromatic carbocycles. The van der Waals surface area contributed by atoms with Crippen molar-refractivity contribution in [3.8, 4) is 0 Å². The van der Waals surface area contributed by atoms with Crippen molar-refractivity contribution >= 4 is 17.7 Å². The Kier molecular flexibility index (Phi) is 8.32. The number of nitrogens with one attached hydrogen (secondary N) is 2. The molecule has 0 saturated carbocycles. The number of rotatable bonds is 7. The van der Waals surface area contributed by atoms with Crippen LogP contribution in [0.4, 0.5) is 10.5 Å². The number of alkyl carbamates (subject to hydrolysis) is 1. The van der Waals surface area contributed by atoms with Gasteiger partial charge in [-0.1, -0.05) is 0 Å². The van der Waals surface area contributed by atoms with Gasteiger partial charge in [0.2, 0.25) is 0 Å². The standard InChI is InChI=1S/C22H36N4O3/c1-17(2)25-13-15-26(16-14-25)19-9-7-18(8-10-19)20(27)23-11-6-12-24-21(28)29-22(3,4)5/h7-10,17H,6,11-16H2,1-5H3,(H,23,27)(H,24,28). The van der Waals surface area contributed by atoms with E-state index in [9.17, 15) is 9.59 Å². The third kappa shape index (κ3) is 7.93. The van der Waals surface area contributed by atoms with E-state index in [2.05, 4.69) is 34.3 Å². The first-order valence-electron chi connectivity index (χ1n) is 10.5. The number of nitrogens with zero attached hydrogens (tertiary/aromatic N) is 2. The summed E-state index contributed by atoms with van der Waals surface area (Å²) in [5.74, 6) is -0.0987. The second-order valence-electron chi connectivity index (χ2n) is 8.70. The number of hydrogen-bond donors (Lipinski definition) is 2. The van der Waals surface area contributed by atoms with E-state index in [4.69, 9.17) is 4.74 Å². The van der Waals surface area contributed by atoms with E-state index in [-0.39, 0.29) is 5.91 Å². The summed E-state index contributed by atoms with van der Waals surface area (Å²) in [4.78, 5) is 28.7. The molecule has 7 nitrogen and oxygen atoms in total. The molecular formula is C22H36N4O3. The molecule has 0 bridgehead atoms. The molecular weight excluding hydrogens is 368 g/mol. The minimum atomic E-state index is -0.507. The third-order valence-corrected chi connectivity index (χ3v) is 4.85. The van der Waals surface area contributed by atoms with Crippen LogP contribution in [-0.2, 0) is 4.74 Å². The number of carbonyl (C=O) groups excluding carboxylic acids is 2. The minimum absolute atomic E-state index is 0.0987. The van der Waals surface area contributed by atoms with Gasteiger partial charge in [0, 0.05) is 56.6 Å². The first-order chi connectivity index (χ1) is 13.7. The monoisotopic (exact) mass is 404 g/mol. The molecule has 0 unspecified atom stereocenters. The molecule has 1 aliphatic rings. The molecule has 162 valence electrons. The molecule has 2 amide bonds. The van der Waals surface area contributed by atoms with E-state index in [0.717, 1.165) is 31.9 Å². The Bertz CT molecular complexity index is 660. The zero-order chi connectivity index (χ0) is 21.4. The summed E-state index contributed by atoms with van der Waals surface area (Å²) in [5.41, 5.74) is 1.30. The van der Waals surface area contributed by atoms with E-state index >= 15 is 0 Å². The van der Waals surface area contributed by atoms with Crippen molar-refractivity contribution in [2.24, 2.45) is 0 Å². The molecule has 0 aromatic heterocycles. The molecule has 0 radical (unpaired) electrons. The Hall–Kier alpha value is -2.28. The number of benzene rings is 1. The summed E-state index contributed by atoms with van der Waals surface area (Å²) in [5, 5.41) is 5.57. The van der Waals surface area contributed by atoms with E-state index in [1.54, 1.807) is 0 Å².